The number of nitrogens with one attached hydrogen (secondary N) is 2. The Morgan fingerprint density at radius 1 is 0.947 bits per heavy atom. The Morgan fingerprint density at radius 3 is 2.24 bits per heavy atom. The zero-order valence-electron chi connectivity index (χ0n) is 20.8. The van der Waals surface area contributed by atoms with Gasteiger partial charge in [0, 0.05) is 23.7 Å². The lowest BCUT2D eigenvalue weighted by Crippen LogP contribution is -2.05. The second-order valence-electron chi connectivity index (χ2n) is 7.46. The molecule has 0 fully saturated rings. The number of methoxy groups -OCH3 is 2. The number of nitrogens with zero attached hydrogens (tertiary/aromatic N) is 4. The van der Waals surface area contributed by atoms with Crippen molar-refractivity contribution in [3.8, 4) is 35.3 Å². The van der Waals surface area contributed by atoms with Gasteiger partial charge in [0.2, 0.25) is 17.6 Å². The van der Waals surface area contributed by atoms with Crippen LogP contribution in [0, 0.1) is 22.7 Å². The van der Waals surface area contributed by atoms with Crippen molar-refractivity contribution < 1.29 is 24.1 Å². The maximum Gasteiger partial charge on any atom is 0.290 e. The van der Waals surface area contributed by atoms with E-state index in [1.807, 2.05) is 6.92 Å². The van der Waals surface area contributed by atoms with Crippen molar-refractivity contribution in [3.05, 3.63) is 65.7 Å². The molecule has 11 nitrogen and oxygen atoms in total. The molecule has 4 rings (SSSR count). The molecule has 0 saturated carbocycles. The first-order valence-corrected chi connectivity index (χ1v) is 11.2. The molecule has 0 aliphatic heterocycles. The molecule has 11 heteroatoms. The largest absolute Gasteiger partial charge is 0.493 e. The smallest absolute Gasteiger partial charge is 0.290 e. The summed E-state index contributed by atoms with van der Waals surface area (Å²) in [6.07, 6.45) is 0. The number of benzene rings is 3. The molecule has 38 heavy (non-hydrogen) atoms. The number of anilines is 3. The van der Waals surface area contributed by atoms with Crippen LogP contribution in [-0.4, -0.2) is 42.3 Å². The molecule has 192 valence electrons. The maximum atomic E-state index is 9.25. The van der Waals surface area contributed by atoms with Crippen molar-refractivity contribution in [2.75, 3.05) is 31.4 Å². The molecule has 0 saturated heterocycles. The number of ether oxygens (including phenoxy) is 3. The first-order chi connectivity index (χ1) is 18.5. The number of carbonyl (C=O) groups is 1. The second-order valence-corrected chi connectivity index (χ2v) is 7.46. The Balaban J connectivity index is 0.00000127. The third kappa shape index (κ3) is 6.36. The number of hydrogen-bond acceptors (Lipinski definition) is 10. The van der Waals surface area contributed by atoms with Crippen LogP contribution in [0.4, 0.5) is 17.5 Å². The number of nitriles is 2. The van der Waals surface area contributed by atoms with Crippen molar-refractivity contribution >= 4 is 34.7 Å². The van der Waals surface area contributed by atoms with Gasteiger partial charge in [-0.05, 0) is 60.8 Å². The summed E-state index contributed by atoms with van der Waals surface area (Å²) in [5, 5.41) is 33.0. The topological polar surface area (TPSA) is 162 Å². The van der Waals surface area contributed by atoms with Crippen LogP contribution in [0.15, 0.2) is 54.6 Å². The molecule has 3 N–H and O–H groups in total. The van der Waals surface area contributed by atoms with E-state index < -0.39 is 0 Å². The standard InChI is InChI=1S/C26H22N6O3.CH2O2/c1-4-29-22-13-23(32-26(31-22)30-19-8-5-16(14-27)6-9-19)35-25-21(33-2)12-18-11-17(15-28)7-10-20(18)24(25)34-3;2-1-3/h5-13H,4H2,1-3H3,(H2,29,30,31,32);1H,(H,2,3). The van der Waals surface area contributed by atoms with Crippen LogP contribution in [-0.2, 0) is 4.79 Å². The quantitative estimate of drug-likeness (QED) is 0.270. The number of aromatic nitrogens is 2. The average Bonchev–Trinajstić information content (AvgIpc) is 2.93. The Hall–Kier alpha value is -5.55. The predicted octanol–water partition coefficient (Wildman–Crippen LogP) is 5.06. The lowest BCUT2D eigenvalue weighted by molar-refractivity contribution is -0.122. The summed E-state index contributed by atoms with van der Waals surface area (Å²) in [5.41, 5.74) is 1.80. The van der Waals surface area contributed by atoms with Crippen LogP contribution >= 0.6 is 0 Å². The van der Waals surface area contributed by atoms with Gasteiger partial charge in [0.1, 0.15) is 5.82 Å². The van der Waals surface area contributed by atoms with Gasteiger partial charge in [-0.2, -0.15) is 20.5 Å². The van der Waals surface area contributed by atoms with Crippen LogP contribution in [0.1, 0.15) is 18.1 Å². The molecule has 3 aromatic carbocycles. The van der Waals surface area contributed by atoms with E-state index in [0.29, 0.717) is 46.7 Å². The highest BCUT2D eigenvalue weighted by atomic mass is 16.5. The summed E-state index contributed by atoms with van der Waals surface area (Å²) in [6.45, 7) is 2.36. The summed E-state index contributed by atoms with van der Waals surface area (Å²) >= 11 is 0. The van der Waals surface area contributed by atoms with Crippen molar-refractivity contribution in [1.82, 2.24) is 9.97 Å². The zero-order valence-corrected chi connectivity index (χ0v) is 20.8. The molecule has 0 bridgehead atoms. The highest BCUT2D eigenvalue weighted by molar-refractivity contribution is 5.94. The lowest BCUT2D eigenvalue weighted by atomic mass is 10.1. The summed E-state index contributed by atoms with van der Waals surface area (Å²) in [7, 11) is 3.07. The van der Waals surface area contributed by atoms with E-state index in [0.717, 1.165) is 16.5 Å². The Bertz CT molecular complexity index is 1510. The van der Waals surface area contributed by atoms with Crippen molar-refractivity contribution in [2.45, 2.75) is 6.92 Å². The highest BCUT2D eigenvalue weighted by Gasteiger charge is 2.19. The second kappa shape index (κ2) is 13.0. The minimum absolute atomic E-state index is 0.250. The average molecular weight is 513 g/mol. The molecule has 0 aliphatic rings. The van der Waals surface area contributed by atoms with Crippen molar-refractivity contribution in [3.63, 3.8) is 0 Å². The van der Waals surface area contributed by atoms with Crippen molar-refractivity contribution in [2.24, 2.45) is 0 Å². The van der Waals surface area contributed by atoms with Gasteiger partial charge in [-0.25, -0.2) is 0 Å². The van der Waals surface area contributed by atoms with Crippen LogP contribution in [0.2, 0.25) is 0 Å². The number of fused-ring (bicyclic) bond motifs is 1. The Kier molecular flexibility index (Phi) is 9.22. The van der Waals surface area contributed by atoms with E-state index in [2.05, 4.69) is 32.7 Å². The zero-order chi connectivity index (χ0) is 27.5. The van der Waals surface area contributed by atoms with Gasteiger partial charge in [-0.1, -0.05) is 0 Å². The fraction of sp³-hybridized carbons (Fsp3) is 0.148. The molecule has 0 unspecified atom stereocenters. The third-order valence-electron chi connectivity index (χ3n) is 5.10. The number of hydrogen-bond donors (Lipinski definition) is 3. The van der Waals surface area contributed by atoms with Gasteiger partial charge in [0.25, 0.3) is 6.47 Å². The van der Waals surface area contributed by atoms with Gasteiger partial charge < -0.3 is 30.0 Å². The Morgan fingerprint density at radius 2 is 1.63 bits per heavy atom. The molecule has 1 heterocycles. The molecule has 0 aliphatic carbocycles. The highest BCUT2D eigenvalue weighted by Crippen LogP contribution is 2.45. The van der Waals surface area contributed by atoms with Gasteiger partial charge in [0.05, 0.1) is 37.5 Å². The summed E-state index contributed by atoms with van der Waals surface area (Å²) < 4.78 is 17.5. The van der Waals surface area contributed by atoms with Gasteiger partial charge >= 0.3 is 0 Å². The molecule has 0 radical (unpaired) electrons. The first kappa shape index (κ1) is 27.0. The van der Waals surface area contributed by atoms with Crippen LogP contribution < -0.4 is 24.8 Å². The van der Waals surface area contributed by atoms with E-state index in [-0.39, 0.29) is 12.4 Å². The summed E-state index contributed by atoms with van der Waals surface area (Å²) in [4.78, 5) is 17.3. The molecule has 0 spiro atoms. The number of carboxylic acid groups (broad SMARTS) is 1. The lowest BCUT2D eigenvalue weighted by Gasteiger charge is -2.17. The van der Waals surface area contributed by atoms with Gasteiger partial charge in [-0.15, -0.1) is 0 Å². The first-order valence-electron chi connectivity index (χ1n) is 11.2. The maximum absolute atomic E-state index is 9.25. The number of rotatable bonds is 8. The van der Waals surface area contributed by atoms with Gasteiger partial charge in [-0.3, -0.25) is 4.79 Å². The molecular weight excluding hydrogens is 488 g/mol. The van der Waals surface area contributed by atoms with E-state index >= 15 is 0 Å². The monoisotopic (exact) mass is 512 g/mol. The van der Waals surface area contributed by atoms with Crippen molar-refractivity contribution in [1.29, 1.82) is 10.5 Å². The summed E-state index contributed by atoms with van der Waals surface area (Å²) in [6, 6.07) is 19.9. The molecule has 4 aromatic rings. The SMILES string of the molecule is CCNc1cc(Oc2c(OC)cc3cc(C#N)ccc3c2OC)nc(Nc2ccc(C#N)cc2)n1.O=CO. The van der Waals surface area contributed by atoms with Gasteiger partial charge in [0.15, 0.2) is 11.5 Å². The van der Waals surface area contributed by atoms with Crippen LogP contribution in [0.3, 0.4) is 0 Å². The fourth-order valence-corrected chi connectivity index (χ4v) is 3.52. The summed E-state index contributed by atoms with van der Waals surface area (Å²) in [5.74, 6) is 2.35. The Labute approximate surface area is 218 Å². The predicted molar refractivity (Wildman–Crippen MR) is 141 cm³/mol. The third-order valence-corrected chi connectivity index (χ3v) is 5.10. The van der Waals surface area contributed by atoms with Crippen LogP contribution in [0.25, 0.3) is 10.8 Å². The molecular formula is C27H24N6O5. The normalized spacial score (nSPS) is 9.71. The van der Waals surface area contributed by atoms with Crippen LogP contribution in [0.5, 0.6) is 23.1 Å². The molecule has 0 amide bonds. The van der Waals surface area contributed by atoms with E-state index in [9.17, 15) is 5.26 Å². The minimum Gasteiger partial charge on any atom is -0.493 e. The van der Waals surface area contributed by atoms with E-state index in [4.69, 9.17) is 29.4 Å². The molecule has 0 atom stereocenters. The molecule has 1 aromatic heterocycles. The minimum atomic E-state index is -0.250. The fourth-order valence-electron chi connectivity index (χ4n) is 3.52. The van der Waals surface area contributed by atoms with E-state index in [1.54, 1.807) is 61.7 Å². The van der Waals surface area contributed by atoms with E-state index in [1.165, 1.54) is 7.11 Å².